The van der Waals surface area contributed by atoms with Gasteiger partial charge >= 0.3 is 0 Å². The van der Waals surface area contributed by atoms with Crippen LogP contribution >= 0.6 is 11.8 Å². The van der Waals surface area contributed by atoms with Gasteiger partial charge in [0.25, 0.3) is 5.69 Å². The van der Waals surface area contributed by atoms with Crippen LogP contribution < -0.4 is 10.2 Å². The van der Waals surface area contributed by atoms with Gasteiger partial charge in [-0.2, -0.15) is 0 Å². The number of aromatic nitrogens is 3. The van der Waals surface area contributed by atoms with Crippen molar-refractivity contribution in [2.45, 2.75) is 32.5 Å². The number of aryl methyl sites for hydroxylation is 1. The molecule has 1 amide bonds. The van der Waals surface area contributed by atoms with Crippen molar-refractivity contribution in [2.24, 2.45) is 5.92 Å². The number of nitro groups is 1. The Morgan fingerprint density at radius 3 is 2.73 bits per heavy atom. The number of hydrogen-bond acceptors (Lipinski definition) is 8. The number of rotatable bonds is 8. The molecule has 0 saturated carbocycles. The maximum Gasteiger partial charge on any atom is 0.293 e. The van der Waals surface area contributed by atoms with Crippen molar-refractivity contribution in [3.8, 4) is 0 Å². The zero-order valence-corrected chi connectivity index (χ0v) is 18.1. The standard InChI is InChI=1S/C19H26N6O4S/c1-13(2)11-24-18(23-6-8-29-9-7-23)21-22-19(24)30-12-17(26)20-15-5-4-14(3)10-16(15)25(27)28/h4-5,10,13H,6-9,11-12H2,1-3H3,(H,20,26). The van der Waals surface area contributed by atoms with Crippen LogP contribution in [0.1, 0.15) is 19.4 Å². The maximum atomic E-state index is 12.4. The van der Waals surface area contributed by atoms with E-state index >= 15 is 0 Å². The average molecular weight is 435 g/mol. The van der Waals surface area contributed by atoms with Gasteiger partial charge in [0.05, 0.1) is 23.9 Å². The van der Waals surface area contributed by atoms with Crippen LogP contribution in [0.4, 0.5) is 17.3 Å². The molecule has 0 unspecified atom stereocenters. The number of hydrogen-bond donors (Lipinski definition) is 1. The van der Waals surface area contributed by atoms with E-state index in [1.54, 1.807) is 19.1 Å². The zero-order valence-electron chi connectivity index (χ0n) is 17.3. The molecule has 1 aliphatic rings. The molecule has 10 nitrogen and oxygen atoms in total. The van der Waals surface area contributed by atoms with Crippen LogP contribution in [0, 0.1) is 23.0 Å². The number of nitrogens with zero attached hydrogens (tertiary/aromatic N) is 5. The number of nitrogens with one attached hydrogen (secondary N) is 1. The summed E-state index contributed by atoms with van der Waals surface area (Å²) in [5, 5.41) is 23.2. The Labute approximate surface area is 179 Å². The molecule has 1 aliphatic heterocycles. The fourth-order valence-corrected chi connectivity index (χ4v) is 3.87. The van der Waals surface area contributed by atoms with Crippen molar-refractivity contribution in [2.75, 3.05) is 42.3 Å². The van der Waals surface area contributed by atoms with Crippen LogP contribution in [0.15, 0.2) is 23.4 Å². The Morgan fingerprint density at radius 1 is 1.33 bits per heavy atom. The highest BCUT2D eigenvalue weighted by Crippen LogP contribution is 2.27. The molecule has 1 aromatic heterocycles. The van der Waals surface area contributed by atoms with Gasteiger partial charge in [-0.1, -0.05) is 31.7 Å². The van der Waals surface area contributed by atoms with Crippen molar-refractivity contribution in [3.05, 3.63) is 33.9 Å². The number of nitro benzene ring substituents is 1. The van der Waals surface area contributed by atoms with Gasteiger partial charge in [-0.3, -0.25) is 19.5 Å². The number of benzene rings is 1. The van der Waals surface area contributed by atoms with E-state index in [1.165, 1.54) is 17.8 Å². The number of carbonyl (C=O) groups is 1. The first kappa shape index (κ1) is 22.0. The van der Waals surface area contributed by atoms with Gasteiger partial charge in [-0.25, -0.2) is 0 Å². The van der Waals surface area contributed by atoms with Crippen LogP contribution in [0.25, 0.3) is 0 Å². The first-order chi connectivity index (χ1) is 14.3. The molecule has 1 aromatic carbocycles. The summed E-state index contributed by atoms with van der Waals surface area (Å²) in [4.78, 5) is 25.3. The van der Waals surface area contributed by atoms with Crippen LogP contribution in [0.5, 0.6) is 0 Å². The summed E-state index contributed by atoms with van der Waals surface area (Å²) in [7, 11) is 0. The first-order valence-electron chi connectivity index (χ1n) is 9.78. The normalized spacial score (nSPS) is 14.2. The lowest BCUT2D eigenvalue weighted by Crippen LogP contribution is -2.38. The second-order valence-electron chi connectivity index (χ2n) is 7.50. The summed E-state index contributed by atoms with van der Waals surface area (Å²) in [5.41, 5.74) is 0.825. The molecule has 0 atom stereocenters. The molecule has 0 radical (unpaired) electrons. The van der Waals surface area contributed by atoms with Gasteiger partial charge in [0, 0.05) is 25.7 Å². The van der Waals surface area contributed by atoms with Gasteiger partial charge in [-0.15, -0.1) is 10.2 Å². The number of carbonyl (C=O) groups excluding carboxylic acids is 1. The molecule has 2 heterocycles. The number of anilines is 2. The molecule has 0 aliphatic carbocycles. The molecule has 11 heteroatoms. The predicted octanol–water partition coefficient (Wildman–Crippen LogP) is 2.72. The highest BCUT2D eigenvalue weighted by atomic mass is 32.2. The maximum absolute atomic E-state index is 12.4. The average Bonchev–Trinajstić information content (AvgIpc) is 3.10. The van der Waals surface area contributed by atoms with E-state index in [4.69, 9.17) is 4.74 Å². The minimum absolute atomic E-state index is 0.0738. The van der Waals surface area contributed by atoms with Crippen LogP contribution in [-0.2, 0) is 16.1 Å². The molecule has 1 saturated heterocycles. The Morgan fingerprint density at radius 2 is 2.07 bits per heavy atom. The molecule has 162 valence electrons. The second-order valence-corrected chi connectivity index (χ2v) is 8.44. The van der Waals surface area contributed by atoms with Crippen LogP contribution in [0.2, 0.25) is 0 Å². The third-order valence-electron chi connectivity index (χ3n) is 4.50. The van der Waals surface area contributed by atoms with Gasteiger partial charge in [0.2, 0.25) is 11.9 Å². The van der Waals surface area contributed by atoms with E-state index in [9.17, 15) is 14.9 Å². The van der Waals surface area contributed by atoms with Crippen LogP contribution in [0.3, 0.4) is 0 Å². The fourth-order valence-electron chi connectivity index (χ4n) is 3.12. The van der Waals surface area contributed by atoms with Gasteiger partial charge in [0.1, 0.15) is 5.69 Å². The topological polar surface area (TPSA) is 115 Å². The quantitative estimate of drug-likeness (QED) is 0.383. The van der Waals surface area contributed by atoms with Gasteiger partial charge < -0.3 is 15.0 Å². The molecule has 1 N–H and O–H groups in total. The lowest BCUT2D eigenvalue weighted by Gasteiger charge is -2.28. The summed E-state index contributed by atoms with van der Waals surface area (Å²) in [6, 6.07) is 4.72. The van der Waals surface area contributed by atoms with Crippen molar-refractivity contribution < 1.29 is 14.5 Å². The Bertz CT molecular complexity index is 910. The summed E-state index contributed by atoms with van der Waals surface area (Å²) < 4.78 is 7.44. The monoisotopic (exact) mass is 434 g/mol. The Hall–Kier alpha value is -2.66. The lowest BCUT2D eigenvalue weighted by molar-refractivity contribution is -0.384. The minimum atomic E-state index is -0.496. The fraction of sp³-hybridized carbons (Fsp3) is 0.526. The molecule has 30 heavy (non-hydrogen) atoms. The van der Waals surface area contributed by atoms with Crippen molar-refractivity contribution in [3.63, 3.8) is 0 Å². The third-order valence-corrected chi connectivity index (χ3v) is 5.46. The molecule has 1 fully saturated rings. The van der Waals surface area contributed by atoms with Crippen molar-refractivity contribution in [1.82, 2.24) is 14.8 Å². The molecular formula is C19H26N6O4S. The van der Waals surface area contributed by atoms with E-state index in [2.05, 4.69) is 34.3 Å². The van der Waals surface area contributed by atoms with E-state index in [0.717, 1.165) is 31.1 Å². The molecular weight excluding hydrogens is 408 g/mol. The van der Waals surface area contributed by atoms with Crippen LogP contribution in [-0.4, -0.2) is 57.7 Å². The van der Waals surface area contributed by atoms with Gasteiger partial charge in [0.15, 0.2) is 5.16 Å². The highest BCUT2D eigenvalue weighted by Gasteiger charge is 2.22. The zero-order chi connectivity index (χ0) is 21.7. The largest absolute Gasteiger partial charge is 0.378 e. The summed E-state index contributed by atoms with van der Waals surface area (Å²) in [5.74, 6) is 0.900. The van der Waals surface area contributed by atoms with E-state index < -0.39 is 4.92 Å². The van der Waals surface area contributed by atoms with Gasteiger partial charge in [-0.05, 0) is 24.5 Å². The lowest BCUT2D eigenvalue weighted by atomic mass is 10.2. The molecule has 0 bridgehead atoms. The van der Waals surface area contributed by atoms with E-state index in [0.29, 0.717) is 24.3 Å². The Balaban J connectivity index is 1.70. The summed E-state index contributed by atoms with van der Waals surface area (Å²) in [6.07, 6.45) is 0. The highest BCUT2D eigenvalue weighted by molar-refractivity contribution is 7.99. The summed E-state index contributed by atoms with van der Waals surface area (Å²) in [6.45, 7) is 9.51. The first-order valence-corrected chi connectivity index (χ1v) is 10.8. The summed E-state index contributed by atoms with van der Waals surface area (Å²) >= 11 is 1.27. The minimum Gasteiger partial charge on any atom is -0.378 e. The van der Waals surface area contributed by atoms with Crippen molar-refractivity contribution >= 4 is 35.0 Å². The smallest absolute Gasteiger partial charge is 0.293 e. The Kier molecular flexibility index (Phi) is 7.27. The third kappa shape index (κ3) is 5.48. The van der Waals surface area contributed by atoms with Crippen molar-refractivity contribution in [1.29, 1.82) is 0 Å². The molecule has 0 spiro atoms. The molecule has 2 aromatic rings. The number of morpholine rings is 1. The van der Waals surface area contributed by atoms with E-state index in [1.807, 2.05) is 4.57 Å². The number of amides is 1. The SMILES string of the molecule is Cc1ccc(NC(=O)CSc2nnc(N3CCOCC3)n2CC(C)C)c([N+](=O)[O-])c1. The number of ether oxygens (including phenoxy) is 1. The van der Waals surface area contributed by atoms with E-state index in [-0.39, 0.29) is 23.0 Å². The molecule has 3 rings (SSSR count). The predicted molar refractivity (Wildman–Crippen MR) is 115 cm³/mol. The number of thioether (sulfide) groups is 1. The second kappa shape index (κ2) is 9.90.